The molecule has 0 aliphatic rings. The lowest BCUT2D eigenvalue weighted by Gasteiger charge is -2.35. The number of esters is 1. The van der Waals surface area contributed by atoms with Crippen molar-refractivity contribution in [3.63, 3.8) is 0 Å². The Hall–Kier alpha value is -1.35. The van der Waals surface area contributed by atoms with Crippen LogP contribution in [0.1, 0.15) is 58.9 Å². The quantitative estimate of drug-likeness (QED) is 0.335. The number of benzene rings is 1. The summed E-state index contributed by atoms with van der Waals surface area (Å²) in [5.41, 5.74) is 1.23. The Morgan fingerprint density at radius 2 is 1.62 bits per heavy atom. The molecule has 1 unspecified atom stereocenters. The second kappa shape index (κ2) is 10.5. The van der Waals surface area contributed by atoms with E-state index in [4.69, 9.17) is 4.74 Å². The summed E-state index contributed by atoms with van der Waals surface area (Å²) in [4.78, 5) is 12.2. The van der Waals surface area contributed by atoms with Crippen LogP contribution in [-0.4, -0.2) is 43.2 Å². The first-order valence-corrected chi connectivity index (χ1v) is 9.53. The molecule has 136 valence electrons. The van der Waals surface area contributed by atoms with Gasteiger partial charge < -0.3 is 9.22 Å². The number of rotatable bonds is 11. The van der Waals surface area contributed by atoms with Gasteiger partial charge in [-0.1, -0.05) is 44.2 Å². The van der Waals surface area contributed by atoms with Crippen LogP contribution in [0.25, 0.3) is 0 Å². The van der Waals surface area contributed by atoms with Crippen LogP contribution < -0.4 is 0 Å². The van der Waals surface area contributed by atoms with Gasteiger partial charge in [0.15, 0.2) is 0 Å². The average Bonchev–Trinajstić information content (AvgIpc) is 2.61. The third-order valence-electron chi connectivity index (χ3n) is 5.47. The molecule has 3 heteroatoms. The molecule has 1 aromatic rings. The Kier molecular flexibility index (Phi) is 9.05. The zero-order valence-electron chi connectivity index (χ0n) is 16.3. The van der Waals surface area contributed by atoms with Crippen molar-refractivity contribution in [3.8, 4) is 0 Å². The molecule has 0 saturated carbocycles. The van der Waals surface area contributed by atoms with E-state index >= 15 is 0 Å². The minimum Gasteiger partial charge on any atom is -0.465 e. The van der Waals surface area contributed by atoms with Crippen LogP contribution in [0.2, 0.25) is 0 Å². The Labute approximate surface area is 148 Å². The van der Waals surface area contributed by atoms with E-state index in [-0.39, 0.29) is 11.9 Å². The summed E-state index contributed by atoms with van der Waals surface area (Å²) in [6, 6.07) is 10.3. The van der Waals surface area contributed by atoms with Gasteiger partial charge in [-0.3, -0.25) is 4.79 Å². The molecule has 1 rings (SSSR count). The molecule has 0 radical (unpaired) electrons. The summed E-state index contributed by atoms with van der Waals surface area (Å²) in [6.45, 7) is 16.1. The lowest BCUT2D eigenvalue weighted by atomic mass is 9.86. The van der Waals surface area contributed by atoms with Crippen LogP contribution in [0.15, 0.2) is 30.3 Å². The van der Waals surface area contributed by atoms with Gasteiger partial charge in [0.1, 0.15) is 0 Å². The van der Waals surface area contributed by atoms with Crippen molar-refractivity contribution < 1.29 is 14.0 Å². The molecule has 0 aliphatic heterocycles. The predicted molar refractivity (Wildman–Crippen MR) is 101 cm³/mol. The second-order valence-corrected chi connectivity index (χ2v) is 7.05. The van der Waals surface area contributed by atoms with Crippen LogP contribution in [0.5, 0.6) is 0 Å². The van der Waals surface area contributed by atoms with E-state index in [9.17, 15) is 4.79 Å². The van der Waals surface area contributed by atoms with Crippen molar-refractivity contribution in [2.45, 2.75) is 53.4 Å². The van der Waals surface area contributed by atoms with E-state index in [0.717, 1.165) is 37.1 Å². The topological polar surface area (TPSA) is 26.3 Å². The normalized spacial score (nSPS) is 13.1. The number of quaternary nitrogens is 1. The minimum absolute atomic E-state index is 0.0693. The van der Waals surface area contributed by atoms with Crippen LogP contribution in [-0.2, 0) is 9.53 Å². The number of nitrogens with zero attached hydrogens (tertiary/aromatic N) is 1. The van der Waals surface area contributed by atoms with Crippen molar-refractivity contribution >= 4 is 5.97 Å². The first-order valence-electron chi connectivity index (χ1n) is 9.53. The maximum atomic E-state index is 12.2. The van der Waals surface area contributed by atoms with E-state index in [1.54, 1.807) is 0 Å². The zero-order chi connectivity index (χ0) is 18.0. The van der Waals surface area contributed by atoms with E-state index in [2.05, 4.69) is 46.8 Å². The van der Waals surface area contributed by atoms with Crippen molar-refractivity contribution in [1.29, 1.82) is 0 Å². The molecule has 0 spiro atoms. The third kappa shape index (κ3) is 6.27. The van der Waals surface area contributed by atoms with Crippen molar-refractivity contribution in [2.75, 3.05) is 32.8 Å². The third-order valence-corrected chi connectivity index (χ3v) is 5.47. The molecule has 0 aliphatic carbocycles. The molecule has 0 N–H and O–H groups in total. The highest BCUT2D eigenvalue weighted by Crippen LogP contribution is 2.28. The Bertz CT molecular complexity index is 458. The molecular weight excluding hydrogens is 298 g/mol. The van der Waals surface area contributed by atoms with E-state index in [1.165, 1.54) is 5.56 Å². The highest BCUT2D eigenvalue weighted by atomic mass is 16.5. The maximum Gasteiger partial charge on any atom is 0.306 e. The molecule has 1 atom stereocenters. The molecule has 0 amide bonds. The van der Waals surface area contributed by atoms with E-state index in [0.29, 0.717) is 18.9 Å². The predicted octanol–water partition coefficient (Wildman–Crippen LogP) is 4.63. The Morgan fingerprint density at radius 3 is 2.12 bits per heavy atom. The van der Waals surface area contributed by atoms with Crippen LogP contribution >= 0.6 is 0 Å². The SMILES string of the molecule is CC[N+](CC)(CC)CCCOC(=O)CC(c1ccccc1)C(C)C. The second-order valence-electron chi connectivity index (χ2n) is 7.05. The molecule has 0 bridgehead atoms. The van der Waals surface area contributed by atoms with Gasteiger partial charge in [-0.05, 0) is 38.2 Å². The summed E-state index contributed by atoms with van der Waals surface area (Å²) >= 11 is 0. The lowest BCUT2D eigenvalue weighted by Crippen LogP contribution is -2.48. The summed E-state index contributed by atoms with van der Waals surface area (Å²) in [5, 5.41) is 0. The molecule has 0 fully saturated rings. The molecule has 0 saturated heterocycles. The minimum atomic E-state index is -0.0693. The summed E-state index contributed by atoms with van der Waals surface area (Å²) in [5.74, 6) is 0.584. The van der Waals surface area contributed by atoms with Gasteiger partial charge in [0, 0.05) is 6.42 Å². The number of hydrogen-bond donors (Lipinski definition) is 0. The summed E-state index contributed by atoms with van der Waals surface area (Å²) in [6.07, 6.45) is 1.41. The van der Waals surface area contributed by atoms with Crippen LogP contribution in [0.4, 0.5) is 0 Å². The Balaban J connectivity index is 2.45. The fourth-order valence-electron chi connectivity index (χ4n) is 3.41. The highest BCUT2D eigenvalue weighted by Gasteiger charge is 2.22. The number of ether oxygens (including phenoxy) is 1. The number of carbonyl (C=O) groups excluding carboxylic acids is 1. The maximum absolute atomic E-state index is 12.2. The first kappa shape index (κ1) is 20.7. The number of hydrogen-bond acceptors (Lipinski definition) is 2. The van der Waals surface area contributed by atoms with Gasteiger partial charge in [0.25, 0.3) is 0 Å². The molecular formula is C21H36NO2+. The molecule has 0 aromatic heterocycles. The monoisotopic (exact) mass is 334 g/mol. The average molecular weight is 335 g/mol. The molecule has 0 heterocycles. The Morgan fingerprint density at radius 1 is 1.04 bits per heavy atom. The van der Waals surface area contributed by atoms with Crippen molar-refractivity contribution in [3.05, 3.63) is 35.9 Å². The van der Waals surface area contributed by atoms with Gasteiger partial charge in [-0.25, -0.2) is 0 Å². The largest absolute Gasteiger partial charge is 0.465 e. The fraction of sp³-hybridized carbons (Fsp3) is 0.667. The smallest absolute Gasteiger partial charge is 0.306 e. The van der Waals surface area contributed by atoms with Gasteiger partial charge in [0.05, 0.1) is 39.2 Å². The highest BCUT2D eigenvalue weighted by molar-refractivity contribution is 5.70. The first-order chi connectivity index (χ1) is 11.5. The fourth-order valence-corrected chi connectivity index (χ4v) is 3.41. The lowest BCUT2D eigenvalue weighted by molar-refractivity contribution is -0.923. The van der Waals surface area contributed by atoms with Gasteiger partial charge in [-0.15, -0.1) is 0 Å². The zero-order valence-corrected chi connectivity index (χ0v) is 16.3. The molecule has 3 nitrogen and oxygen atoms in total. The van der Waals surface area contributed by atoms with Crippen molar-refractivity contribution in [1.82, 2.24) is 0 Å². The number of carbonyl (C=O) groups is 1. The van der Waals surface area contributed by atoms with E-state index in [1.807, 2.05) is 18.2 Å². The standard InChI is InChI=1S/C21H36NO2/c1-6-22(7-2,8-3)15-12-16-24-21(23)17-20(18(4)5)19-13-10-9-11-14-19/h9-11,13-14,18,20H,6-8,12,15-17H2,1-5H3/q+1. The van der Waals surface area contributed by atoms with Gasteiger partial charge >= 0.3 is 5.97 Å². The van der Waals surface area contributed by atoms with Crippen LogP contribution in [0.3, 0.4) is 0 Å². The molecule has 1 aromatic carbocycles. The molecule has 24 heavy (non-hydrogen) atoms. The van der Waals surface area contributed by atoms with Crippen molar-refractivity contribution in [2.24, 2.45) is 5.92 Å². The summed E-state index contributed by atoms with van der Waals surface area (Å²) in [7, 11) is 0. The van der Waals surface area contributed by atoms with Gasteiger partial charge in [-0.2, -0.15) is 0 Å². The summed E-state index contributed by atoms with van der Waals surface area (Å²) < 4.78 is 6.63. The van der Waals surface area contributed by atoms with Gasteiger partial charge in [0.2, 0.25) is 0 Å². The van der Waals surface area contributed by atoms with Crippen LogP contribution in [0, 0.1) is 5.92 Å². The van der Waals surface area contributed by atoms with E-state index < -0.39 is 0 Å².